The third kappa shape index (κ3) is 29.5. The molecule has 0 radical (unpaired) electrons. The Kier molecular flexibility index (Phi) is 36.0. The lowest BCUT2D eigenvalue weighted by molar-refractivity contribution is -0.130. The fraction of sp³-hybridized carbons (Fsp3) is 0.750. The summed E-state index contributed by atoms with van der Waals surface area (Å²) in [7, 11) is 0. The van der Waals surface area contributed by atoms with Crippen molar-refractivity contribution in [3.8, 4) is 0 Å². The maximum Gasteiger partial charge on any atom is 0.251 e. The van der Waals surface area contributed by atoms with Crippen molar-refractivity contribution in [1.29, 1.82) is 0 Å². The van der Waals surface area contributed by atoms with E-state index < -0.39 is 12.1 Å². The van der Waals surface area contributed by atoms with Crippen LogP contribution >= 0.6 is 0 Å². The summed E-state index contributed by atoms with van der Waals surface area (Å²) in [4.78, 5) is 61.3. The summed E-state index contributed by atoms with van der Waals surface area (Å²) in [5.41, 5.74) is 6.65. The van der Waals surface area contributed by atoms with Gasteiger partial charge in [0.25, 0.3) is 5.91 Å². The minimum atomic E-state index is -0.715. The molecule has 17 heteroatoms. The molecule has 0 heterocycles. The van der Waals surface area contributed by atoms with Gasteiger partial charge in [0.1, 0.15) is 12.3 Å². The third-order valence-corrected chi connectivity index (χ3v) is 9.37. The number of amides is 3. The van der Waals surface area contributed by atoms with Crippen LogP contribution in [-0.4, -0.2) is 161 Å². The zero-order valence-electron chi connectivity index (χ0n) is 37.1. The van der Waals surface area contributed by atoms with Gasteiger partial charge in [-0.15, -0.1) is 0 Å². The van der Waals surface area contributed by atoms with Crippen LogP contribution in [0.5, 0.6) is 0 Å². The van der Waals surface area contributed by atoms with Gasteiger partial charge in [-0.1, -0.05) is 58.6 Å². The van der Waals surface area contributed by atoms with Crippen molar-refractivity contribution in [1.82, 2.24) is 16.0 Å². The van der Waals surface area contributed by atoms with Crippen LogP contribution in [0.2, 0.25) is 0 Å². The average Bonchev–Trinajstić information content (AvgIpc) is 3.27. The molecule has 0 spiro atoms. The molecular formula is C44H76N4O13. The molecule has 0 aliphatic heterocycles. The van der Waals surface area contributed by atoms with Crippen molar-refractivity contribution in [2.75, 3.05) is 119 Å². The van der Waals surface area contributed by atoms with Gasteiger partial charge in [-0.2, -0.15) is 0 Å². The minimum Gasteiger partial charge on any atom is -0.379 e. The van der Waals surface area contributed by atoms with Gasteiger partial charge in [0.15, 0.2) is 5.78 Å². The van der Waals surface area contributed by atoms with Crippen LogP contribution in [-0.2, 0) is 52.3 Å². The van der Waals surface area contributed by atoms with E-state index >= 15 is 0 Å². The standard InChI is InChI=1S/C44H76N4O13/c1-4-7-8-9-10-40(44(53)47-39(35-49)15-17-45)48-41(50)16-19-54-21-23-56-25-27-58-29-31-60-33-34-61-32-30-59-28-26-57-24-22-55-20-18-46-43(52)38-13-11-37(12-14-38)42(51)36(5-2)6-3/h11-14,35-36,39-40H,4-10,15-34,45H2,1-3H3,(H,46,52)(H,47,53)(H,48,50)/t39-,40-/m0/s1. The molecule has 0 aliphatic rings. The molecule has 0 aliphatic carbocycles. The molecule has 5 N–H and O–H groups in total. The Hall–Kier alpha value is -3.39. The molecule has 3 amide bonds. The van der Waals surface area contributed by atoms with Crippen molar-refractivity contribution in [3.05, 3.63) is 35.4 Å². The number of carbonyl (C=O) groups excluding carboxylic acids is 5. The van der Waals surface area contributed by atoms with Crippen LogP contribution in [0.4, 0.5) is 0 Å². The van der Waals surface area contributed by atoms with Crippen molar-refractivity contribution >= 4 is 29.8 Å². The molecule has 2 atom stereocenters. The van der Waals surface area contributed by atoms with Crippen LogP contribution < -0.4 is 21.7 Å². The number of aldehydes is 1. The molecule has 0 aromatic heterocycles. The molecule has 0 saturated heterocycles. The predicted molar refractivity (Wildman–Crippen MR) is 231 cm³/mol. The van der Waals surface area contributed by atoms with E-state index in [0.717, 1.165) is 38.5 Å². The average molecular weight is 869 g/mol. The Labute approximate surface area is 363 Å². The Morgan fingerprint density at radius 2 is 1.05 bits per heavy atom. The summed E-state index contributed by atoms with van der Waals surface area (Å²) in [5, 5.41) is 8.26. The zero-order chi connectivity index (χ0) is 44.6. The molecule has 61 heavy (non-hydrogen) atoms. The summed E-state index contributed by atoms with van der Waals surface area (Å²) in [5.74, 6) is -0.754. The van der Waals surface area contributed by atoms with Gasteiger partial charge in [-0.25, -0.2) is 0 Å². The topological polar surface area (TPSA) is 221 Å². The Morgan fingerprint density at radius 1 is 0.590 bits per heavy atom. The number of nitrogens with one attached hydrogen (secondary N) is 3. The summed E-state index contributed by atoms with van der Waals surface area (Å²) >= 11 is 0. The first-order chi connectivity index (χ1) is 29.8. The minimum absolute atomic E-state index is 0.0115. The van der Waals surface area contributed by atoms with Crippen LogP contribution in [0.3, 0.4) is 0 Å². The normalized spacial score (nSPS) is 12.3. The number of hydrogen-bond acceptors (Lipinski definition) is 14. The van der Waals surface area contributed by atoms with Gasteiger partial charge >= 0.3 is 0 Å². The smallest absolute Gasteiger partial charge is 0.251 e. The van der Waals surface area contributed by atoms with Gasteiger partial charge in [0, 0.05) is 30.0 Å². The zero-order valence-corrected chi connectivity index (χ0v) is 37.1. The van der Waals surface area contributed by atoms with Gasteiger partial charge in [-0.3, -0.25) is 19.2 Å². The summed E-state index contributed by atoms with van der Waals surface area (Å²) < 4.78 is 44.0. The molecular weight excluding hydrogens is 792 g/mol. The van der Waals surface area contributed by atoms with Crippen LogP contribution in [0.25, 0.3) is 0 Å². The summed E-state index contributed by atoms with van der Waals surface area (Å²) in [6.45, 7) is 13.1. The maximum atomic E-state index is 12.7. The Bertz CT molecular complexity index is 1270. The van der Waals surface area contributed by atoms with Crippen molar-refractivity contribution in [2.24, 2.45) is 11.7 Å². The largest absolute Gasteiger partial charge is 0.379 e. The predicted octanol–water partition coefficient (Wildman–Crippen LogP) is 3.05. The number of unbranched alkanes of at least 4 members (excludes halogenated alkanes) is 3. The fourth-order valence-corrected chi connectivity index (χ4v) is 5.77. The van der Waals surface area contributed by atoms with Gasteiger partial charge in [0.2, 0.25) is 11.8 Å². The fourth-order valence-electron chi connectivity index (χ4n) is 5.77. The van der Waals surface area contributed by atoms with Crippen molar-refractivity contribution < 1.29 is 61.9 Å². The van der Waals surface area contributed by atoms with E-state index in [1.807, 2.05) is 13.8 Å². The molecule has 1 aromatic rings. The van der Waals surface area contributed by atoms with E-state index in [0.29, 0.717) is 136 Å². The monoisotopic (exact) mass is 869 g/mol. The number of hydrogen-bond donors (Lipinski definition) is 4. The Balaban J connectivity index is 1.88. The molecule has 1 aromatic carbocycles. The van der Waals surface area contributed by atoms with Gasteiger partial charge in [-0.05, 0) is 44.4 Å². The molecule has 350 valence electrons. The van der Waals surface area contributed by atoms with Crippen molar-refractivity contribution in [2.45, 2.75) is 90.6 Å². The van der Waals surface area contributed by atoms with Crippen molar-refractivity contribution in [3.63, 3.8) is 0 Å². The SMILES string of the molecule is CCCCCC[C@H](NC(=O)CCOCCOCCOCCOCCOCCOCCOCCOCCNC(=O)c1ccc(C(=O)C(CC)CC)cc1)C(=O)N[C@H](C=O)CCN. The molecule has 0 unspecified atom stereocenters. The van der Waals surface area contributed by atoms with Gasteiger partial charge in [0.05, 0.1) is 112 Å². The quantitative estimate of drug-likeness (QED) is 0.0421. The second-order valence-electron chi connectivity index (χ2n) is 14.2. The lowest BCUT2D eigenvalue weighted by Crippen LogP contribution is -2.50. The lowest BCUT2D eigenvalue weighted by Gasteiger charge is -2.21. The first-order valence-corrected chi connectivity index (χ1v) is 22.1. The number of benzene rings is 1. The van der Waals surface area contributed by atoms with Crippen LogP contribution in [0.1, 0.15) is 99.3 Å². The van der Waals surface area contributed by atoms with Crippen LogP contribution in [0, 0.1) is 5.92 Å². The van der Waals surface area contributed by atoms with E-state index in [9.17, 15) is 24.0 Å². The number of Topliss-reactive ketones (excluding diaryl/α,β-unsaturated/α-hetero) is 1. The number of nitrogens with two attached hydrogens (primary N) is 1. The highest BCUT2D eigenvalue weighted by Gasteiger charge is 2.23. The van der Waals surface area contributed by atoms with Crippen LogP contribution in [0.15, 0.2) is 24.3 Å². The lowest BCUT2D eigenvalue weighted by atomic mass is 9.92. The number of ketones is 1. The molecule has 17 nitrogen and oxygen atoms in total. The first-order valence-electron chi connectivity index (χ1n) is 22.1. The molecule has 0 fully saturated rings. The number of rotatable bonds is 43. The van der Waals surface area contributed by atoms with E-state index in [1.165, 1.54) is 0 Å². The molecule has 0 saturated carbocycles. The highest BCUT2D eigenvalue weighted by Crippen LogP contribution is 2.16. The van der Waals surface area contributed by atoms with E-state index in [2.05, 4.69) is 22.9 Å². The Morgan fingerprint density at radius 3 is 1.49 bits per heavy atom. The highest BCUT2D eigenvalue weighted by atomic mass is 16.6. The van der Waals surface area contributed by atoms with E-state index in [4.69, 9.17) is 43.6 Å². The number of carbonyl (C=O) groups is 5. The maximum absolute atomic E-state index is 12.7. The second kappa shape index (κ2) is 39.5. The third-order valence-electron chi connectivity index (χ3n) is 9.37. The van der Waals surface area contributed by atoms with E-state index in [1.54, 1.807) is 24.3 Å². The molecule has 1 rings (SSSR count). The molecule has 0 bridgehead atoms. The number of ether oxygens (including phenoxy) is 8. The highest BCUT2D eigenvalue weighted by molar-refractivity contribution is 6.00. The second-order valence-corrected chi connectivity index (χ2v) is 14.2. The van der Waals surface area contributed by atoms with Gasteiger partial charge < -0.3 is 64.4 Å². The summed E-state index contributed by atoms with van der Waals surface area (Å²) in [6, 6.07) is 5.40. The first kappa shape index (κ1) is 55.6. The summed E-state index contributed by atoms with van der Waals surface area (Å²) in [6.07, 6.45) is 7.06. The van der Waals surface area contributed by atoms with E-state index in [-0.39, 0.29) is 49.0 Å².